The van der Waals surface area contributed by atoms with Crippen LogP contribution in [0.1, 0.15) is 10.4 Å². The molecule has 2 rings (SSSR count). The van der Waals surface area contributed by atoms with Crippen molar-refractivity contribution in [3.8, 4) is 0 Å². The first-order valence-electron chi connectivity index (χ1n) is 6.15. The van der Waals surface area contributed by atoms with Crippen LogP contribution < -0.4 is 5.32 Å². The van der Waals surface area contributed by atoms with Crippen molar-refractivity contribution in [1.82, 2.24) is 9.88 Å². The molecule has 2 heterocycles. The van der Waals surface area contributed by atoms with Crippen molar-refractivity contribution in [3.05, 3.63) is 23.9 Å². The SMILES string of the molecule is CNc1cc(C(=O)N2CCSCC2S(C)(=O)=O)ccn1. The summed E-state index contributed by atoms with van der Waals surface area (Å²) >= 11 is 1.56. The quantitative estimate of drug-likeness (QED) is 0.884. The van der Waals surface area contributed by atoms with Crippen molar-refractivity contribution in [3.63, 3.8) is 0 Å². The molecule has 8 heteroatoms. The van der Waals surface area contributed by atoms with E-state index in [4.69, 9.17) is 0 Å². The van der Waals surface area contributed by atoms with Crippen LogP contribution in [-0.4, -0.2) is 60.9 Å². The summed E-state index contributed by atoms with van der Waals surface area (Å²) in [6, 6.07) is 3.23. The molecule has 0 bridgehead atoms. The minimum atomic E-state index is -3.29. The van der Waals surface area contributed by atoms with Crippen LogP contribution >= 0.6 is 11.8 Å². The van der Waals surface area contributed by atoms with E-state index in [-0.39, 0.29) is 5.91 Å². The minimum absolute atomic E-state index is 0.264. The van der Waals surface area contributed by atoms with Gasteiger partial charge in [0.15, 0.2) is 9.84 Å². The Morgan fingerprint density at radius 1 is 1.55 bits per heavy atom. The molecule has 0 saturated carbocycles. The number of thioether (sulfide) groups is 1. The van der Waals surface area contributed by atoms with E-state index < -0.39 is 15.2 Å². The summed E-state index contributed by atoms with van der Waals surface area (Å²) < 4.78 is 23.6. The monoisotopic (exact) mass is 315 g/mol. The van der Waals surface area contributed by atoms with E-state index in [2.05, 4.69) is 10.3 Å². The maximum Gasteiger partial charge on any atom is 0.255 e. The molecule has 1 aliphatic heterocycles. The molecule has 20 heavy (non-hydrogen) atoms. The molecule has 0 aromatic carbocycles. The van der Waals surface area contributed by atoms with Gasteiger partial charge in [-0.3, -0.25) is 4.79 Å². The van der Waals surface area contributed by atoms with Crippen molar-refractivity contribution >= 4 is 33.3 Å². The third kappa shape index (κ3) is 3.24. The van der Waals surface area contributed by atoms with Crippen molar-refractivity contribution in [2.75, 3.05) is 36.7 Å². The van der Waals surface area contributed by atoms with Gasteiger partial charge in [0.2, 0.25) is 0 Å². The second kappa shape index (κ2) is 6.01. The first-order chi connectivity index (χ1) is 9.43. The molecule has 1 atom stereocenters. The van der Waals surface area contributed by atoms with Crippen molar-refractivity contribution in [2.24, 2.45) is 0 Å². The zero-order chi connectivity index (χ0) is 14.8. The van der Waals surface area contributed by atoms with E-state index in [1.807, 2.05) is 0 Å². The smallest absolute Gasteiger partial charge is 0.255 e. The second-order valence-corrected chi connectivity index (χ2v) is 7.89. The highest BCUT2D eigenvalue weighted by atomic mass is 32.2. The van der Waals surface area contributed by atoms with E-state index in [9.17, 15) is 13.2 Å². The average Bonchev–Trinajstić information content (AvgIpc) is 2.45. The molecule has 0 spiro atoms. The molecule has 0 radical (unpaired) electrons. The first kappa shape index (κ1) is 15.1. The van der Waals surface area contributed by atoms with Crippen LogP contribution in [0.5, 0.6) is 0 Å². The molecule has 1 aromatic rings. The lowest BCUT2D eigenvalue weighted by molar-refractivity contribution is 0.0749. The molecular weight excluding hydrogens is 298 g/mol. The lowest BCUT2D eigenvalue weighted by Gasteiger charge is -2.34. The maximum atomic E-state index is 12.5. The Morgan fingerprint density at radius 3 is 2.95 bits per heavy atom. The molecular formula is C12H17N3O3S2. The van der Waals surface area contributed by atoms with E-state index >= 15 is 0 Å². The van der Waals surface area contributed by atoms with E-state index in [1.165, 1.54) is 17.4 Å². The summed E-state index contributed by atoms with van der Waals surface area (Å²) in [5, 5.41) is 2.11. The summed E-state index contributed by atoms with van der Waals surface area (Å²) in [5.74, 6) is 1.49. The van der Waals surface area contributed by atoms with Gasteiger partial charge in [0, 0.05) is 43.1 Å². The molecule has 6 nitrogen and oxygen atoms in total. The van der Waals surface area contributed by atoms with Gasteiger partial charge in [-0.25, -0.2) is 13.4 Å². The fourth-order valence-corrected chi connectivity index (χ4v) is 4.85. The Bertz CT molecular complexity index is 604. The van der Waals surface area contributed by atoms with Gasteiger partial charge < -0.3 is 10.2 Å². The van der Waals surface area contributed by atoms with Gasteiger partial charge in [-0.2, -0.15) is 11.8 Å². The summed E-state index contributed by atoms with van der Waals surface area (Å²) in [6.07, 6.45) is 2.71. The predicted molar refractivity (Wildman–Crippen MR) is 80.8 cm³/mol. The Hall–Kier alpha value is -1.28. The highest BCUT2D eigenvalue weighted by Gasteiger charge is 2.34. The van der Waals surface area contributed by atoms with Crippen LogP contribution in [0, 0.1) is 0 Å². The number of rotatable bonds is 3. The number of amides is 1. The van der Waals surface area contributed by atoms with Gasteiger partial charge in [-0.15, -0.1) is 0 Å². The number of nitrogens with zero attached hydrogens (tertiary/aromatic N) is 2. The third-order valence-corrected chi connectivity index (χ3v) is 5.75. The zero-order valence-electron chi connectivity index (χ0n) is 11.4. The van der Waals surface area contributed by atoms with Crippen LogP contribution in [0.25, 0.3) is 0 Å². The fraction of sp³-hybridized carbons (Fsp3) is 0.500. The second-order valence-electron chi connectivity index (χ2n) is 4.54. The fourth-order valence-electron chi connectivity index (χ4n) is 2.03. The molecule has 1 unspecified atom stereocenters. The van der Waals surface area contributed by atoms with Crippen LogP contribution in [0.4, 0.5) is 5.82 Å². The molecule has 1 amide bonds. The number of sulfone groups is 1. The average molecular weight is 315 g/mol. The Labute approximate surface area is 122 Å². The summed E-state index contributed by atoms with van der Waals surface area (Å²) in [7, 11) is -1.58. The van der Waals surface area contributed by atoms with Gasteiger partial charge >= 0.3 is 0 Å². The number of carbonyl (C=O) groups is 1. The van der Waals surface area contributed by atoms with Crippen molar-refractivity contribution < 1.29 is 13.2 Å². The summed E-state index contributed by atoms with van der Waals surface area (Å²) in [6.45, 7) is 0.443. The van der Waals surface area contributed by atoms with Crippen LogP contribution in [0.15, 0.2) is 18.3 Å². The lowest BCUT2D eigenvalue weighted by atomic mass is 10.2. The lowest BCUT2D eigenvalue weighted by Crippen LogP contribution is -2.49. The topological polar surface area (TPSA) is 79.4 Å². The number of pyridine rings is 1. The Kier molecular flexibility index (Phi) is 4.54. The highest BCUT2D eigenvalue weighted by molar-refractivity contribution is 8.00. The van der Waals surface area contributed by atoms with Crippen LogP contribution in [0.2, 0.25) is 0 Å². The Morgan fingerprint density at radius 2 is 2.30 bits per heavy atom. The number of carbonyl (C=O) groups excluding carboxylic acids is 1. The van der Waals surface area contributed by atoms with Gasteiger partial charge in [0.1, 0.15) is 11.2 Å². The third-order valence-electron chi connectivity index (χ3n) is 3.10. The van der Waals surface area contributed by atoms with Gasteiger partial charge in [0.05, 0.1) is 0 Å². The van der Waals surface area contributed by atoms with Gasteiger partial charge in [-0.1, -0.05) is 0 Å². The van der Waals surface area contributed by atoms with E-state index in [0.717, 1.165) is 5.75 Å². The van der Waals surface area contributed by atoms with Crippen molar-refractivity contribution in [1.29, 1.82) is 0 Å². The number of nitrogens with one attached hydrogen (secondary N) is 1. The summed E-state index contributed by atoms with van der Waals surface area (Å²) in [4.78, 5) is 18.0. The maximum absolute atomic E-state index is 12.5. The molecule has 1 N–H and O–H groups in total. The van der Waals surface area contributed by atoms with E-state index in [0.29, 0.717) is 23.7 Å². The predicted octanol–water partition coefficient (Wildman–Crippen LogP) is 0.683. The number of hydrogen-bond acceptors (Lipinski definition) is 6. The van der Waals surface area contributed by atoms with Gasteiger partial charge in [-0.05, 0) is 12.1 Å². The van der Waals surface area contributed by atoms with E-state index in [1.54, 1.807) is 30.9 Å². The van der Waals surface area contributed by atoms with Crippen LogP contribution in [-0.2, 0) is 9.84 Å². The summed E-state index contributed by atoms with van der Waals surface area (Å²) in [5.41, 5.74) is 0.449. The molecule has 0 aliphatic carbocycles. The molecule has 1 saturated heterocycles. The number of aromatic nitrogens is 1. The molecule has 1 aromatic heterocycles. The first-order valence-corrected chi connectivity index (χ1v) is 9.26. The standard InChI is InChI=1S/C12H17N3O3S2/c1-13-10-7-9(3-4-14-10)12(16)15-5-6-19-8-11(15)20(2,17)18/h3-4,7,11H,5-6,8H2,1-2H3,(H,13,14). The normalized spacial score (nSPS) is 19.7. The van der Waals surface area contributed by atoms with Gasteiger partial charge in [0.25, 0.3) is 5.91 Å². The minimum Gasteiger partial charge on any atom is -0.373 e. The highest BCUT2D eigenvalue weighted by Crippen LogP contribution is 2.22. The number of anilines is 1. The van der Waals surface area contributed by atoms with Crippen LogP contribution in [0.3, 0.4) is 0 Å². The largest absolute Gasteiger partial charge is 0.373 e. The van der Waals surface area contributed by atoms with Crippen molar-refractivity contribution in [2.45, 2.75) is 5.37 Å². The molecule has 1 aliphatic rings. The molecule has 1 fully saturated rings. The molecule has 110 valence electrons. The zero-order valence-corrected chi connectivity index (χ0v) is 13.0. The Balaban J connectivity index is 2.30. The number of hydrogen-bond donors (Lipinski definition) is 1.